The summed E-state index contributed by atoms with van der Waals surface area (Å²) in [5.41, 5.74) is -1.88. The highest BCUT2D eigenvalue weighted by molar-refractivity contribution is 7.17. The van der Waals surface area contributed by atoms with E-state index in [1.54, 1.807) is 25.7 Å². The second kappa shape index (κ2) is 10.4. The predicted octanol–water partition coefficient (Wildman–Crippen LogP) is 4.87. The number of pyridine rings is 1. The summed E-state index contributed by atoms with van der Waals surface area (Å²) >= 11 is 0.866. The highest BCUT2D eigenvalue weighted by atomic mass is 32.1. The van der Waals surface area contributed by atoms with E-state index in [1.165, 1.54) is 12.3 Å². The molecule has 2 aromatic heterocycles. The molecule has 3 rings (SSSR count). The molecule has 2 aromatic rings. The van der Waals surface area contributed by atoms with Gasteiger partial charge in [-0.15, -0.1) is 11.3 Å². The SMILES string of the molecule is CC(NC(=O)c1nc(C(=O)N2CCC[C@@H]2C)c(-c2cnc(NC(C)(C)C)cc2C(F)F)s1)C(C)(C)O. The number of rotatable bonds is 7. The van der Waals surface area contributed by atoms with Crippen LogP contribution >= 0.6 is 11.3 Å². The van der Waals surface area contributed by atoms with Gasteiger partial charge in [0, 0.05) is 35.4 Å². The van der Waals surface area contributed by atoms with E-state index in [4.69, 9.17) is 0 Å². The quantitative estimate of drug-likeness (QED) is 0.478. The molecule has 198 valence electrons. The van der Waals surface area contributed by atoms with Crippen molar-refractivity contribution in [2.24, 2.45) is 0 Å². The van der Waals surface area contributed by atoms with Crippen LogP contribution < -0.4 is 10.6 Å². The van der Waals surface area contributed by atoms with Crippen molar-refractivity contribution in [1.82, 2.24) is 20.2 Å². The van der Waals surface area contributed by atoms with Crippen LogP contribution in [0.5, 0.6) is 0 Å². The average Bonchev–Trinajstić information content (AvgIpc) is 3.38. The Morgan fingerprint density at radius 1 is 1.25 bits per heavy atom. The fraction of sp³-hybridized carbons (Fsp3) is 0.600. The first-order chi connectivity index (χ1) is 16.6. The number of hydrogen-bond acceptors (Lipinski definition) is 7. The average molecular weight is 524 g/mol. The van der Waals surface area contributed by atoms with Gasteiger partial charge in [0.05, 0.1) is 16.5 Å². The summed E-state index contributed by atoms with van der Waals surface area (Å²) in [5, 5.41) is 15.9. The number of hydrogen-bond donors (Lipinski definition) is 3. The zero-order valence-corrected chi connectivity index (χ0v) is 22.6. The van der Waals surface area contributed by atoms with Gasteiger partial charge in [-0.25, -0.2) is 18.7 Å². The van der Waals surface area contributed by atoms with Crippen LogP contribution in [-0.2, 0) is 0 Å². The fourth-order valence-electron chi connectivity index (χ4n) is 3.84. The zero-order valence-electron chi connectivity index (χ0n) is 21.8. The number of amides is 2. The predicted molar refractivity (Wildman–Crippen MR) is 137 cm³/mol. The molecule has 2 atom stereocenters. The summed E-state index contributed by atoms with van der Waals surface area (Å²) in [7, 11) is 0. The maximum atomic E-state index is 14.2. The van der Waals surface area contributed by atoms with Crippen LogP contribution in [0.3, 0.4) is 0 Å². The van der Waals surface area contributed by atoms with Gasteiger partial charge in [-0.3, -0.25) is 9.59 Å². The first-order valence-corrected chi connectivity index (χ1v) is 12.8. The van der Waals surface area contributed by atoms with Gasteiger partial charge in [0.25, 0.3) is 18.2 Å². The molecule has 0 aliphatic carbocycles. The molecule has 2 amide bonds. The van der Waals surface area contributed by atoms with E-state index in [2.05, 4.69) is 20.6 Å². The zero-order chi connectivity index (χ0) is 27.0. The number of carbonyl (C=O) groups is 2. The summed E-state index contributed by atoms with van der Waals surface area (Å²) in [5.74, 6) is -0.719. The molecule has 1 fully saturated rings. The van der Waals surface area contributed by atoms with Gasteiger partial charge in [-0.2, -0.15) is 0 Å². The first-order valence-electron chi connectivity index (χ1n) is 12.0. The Hall–Kier alpha value is -2.66. The first kappa shape index (κ1) is 27.9. The van der Waals surface area contributed by atoms with Gasteiger partial charge in [0.15, 0.2) is 5.01 Å². The van der Waals surface area contributed by atoms with E-state index in [9.17, 15) is 23.5 Å². The highest BCUT2D eigenvalue weighted by Gasteiger charge is 2.34. The van der Waals surface area contributed by atoms with E-state index in [-0.39, 0.29) is 38.6 Å². The topological polar surface area (TPSA) is 107 Å². The van der Waals surface area contributed by atoms with E-state index in [0.29, 0.717) is 6.54 Å². The van der Waals surface area contributed by atoms with Crippen LogP contribution in [0.4, 0.5) is 14.6 Å². The number of anilines is 1. The number of alkyl halides is 2. The Balaban J connectivity index is 2.11. The molecule has 11 heteroatoms. The standard InChI is InChI=1S/C25H35F2N5O3S/c1-13-9-8-10-32(13)23(34)18-19(36-22(30-18)21(33)29-14(2)25(6,7)35)16-12-28-17(31-24(3,4)5)11-15(16)20(26)27/h11-14,20,35H,8-10H2,1-7H3,(H,28,31)(H,29,33)/t13-,14?/m0/s1. The lowest BCUT2D eigenvalue weighted by Gasteiger charge is -2.26. The summed E-state index contributed by atoms with van der Waals surface area (Å²) in [4.78, 5) is 36.9. The van der Waals surface area contributed by atoms with Crippen molar-refractivity contribution in [1.29, 1.82) is 0 Å². The van der Waals surface area contributed by atoms with Crippen molar-refractivity contribution < 1.29 is 23.5 Å². The molecule has 0 radical (unpaired) electrons. The highest BCUT2D eigenvalue weighted by Crippen LogP contribution is 2.39. The van der Waals surface area contributed by atoms with Gasteiger partial charge in [0.1, 0.15) is 11.5 Å². The van der Waals surface area contributed by atoms with E-state index in [0.717, 1.165) is 24.2 Å². The third kappa shape index (κ3) is 6.36. The molecule has 1 unspecified atom stereocenters. The van der Waals surface area contributed by atoms with Crippen LogP contribution in [0.1, 0.15) is 93.6 Å². The Kier molecular flexibility index (Phi) is 8.04. The molecule has 0 saturated carbocycles. The maximum Gasteiger partial charge on any atom is 0.280 e. The van der Waals surface area contributed by atoms with Crippen LogP contribution in [0, 0.1) is 0 Å². The molecular formula is C25H35F2N5O3S. The fourth-order valence-corrected chi connectivity index (χ4v) is 4.84. The molecule has 36 heavy (non-hydrogen) atoms. The Bertz CT molecular complexity index is 1120. The number of nitrogens with one attached hydrogen (secondary N) is 2. The van der Waals surface area contributed by atoms with Crippen LogP contribution in [0.2, 0.25) is 0 Å². The molecule has 1 saturated heterocycles. The Morgan fingerprint density at radius 2 is 1.92 bits per heavy atom. The number of thiazole rings is 1. The van der Waals surface area contributed by atoms with Crippen molar-refractivity contribution in [3.05, 3.63) is 28.5 Å². The summed E-state index contributed by atoms with van der Waals surface area (Å²) < 4.78 is 28.4. The summed E-state index contributed by atoms with van der Waals surface area (Å²) in [6.07, 6.45) is 0.124. The normalized spacial score (nSPS) is 17.4. The number of halogens is 2. The second-order valence-corrected chi connectivity index (χ2v) is 11.9. The lowest BCUT2D eigenvalue weighted by Crippen LogP contribution is -2.47. The number of likely N-dealkylation sites (tertiary alicyclic amines) is 1. The molecule has 0 bridgehead atoms. The van der Waals surface area contributed by atoms with Crippen molar-refractivity contribution in [2.75, 3.05) is 11.9 Å². The van der Waals surface area contributed by atoms with Crippen molar-refractivity contribution in [2.45, 2.75) is 91.0 Å². The smallest absolute Gasteiger partial charge is 0.280 e. The lowest BCUT2D eigenvalue weighted by molar-refractivity contribution is 0.0408. The number of carbonyl (C=O) groups excluding carboxylic acids is 2. The molecular weight excluding hydrogens is 488 g/mol. The minimum absolute atomic E-state index is 0.0226. The third-order valence-electron chi connectivity index (χ3n) is 6.16. The summed E-state index contributed by atoms with van der Waals surface area (Å²) in [6.45, 7) is 12.9. The van der Waals surface area contributed by atoms with E-state index >= 15 is 0 Å². The molecule has 1 aliphatic heterocycles. The summed E-state index contributed by atoms with van der Waals surface area (Å²) in [6, 6.07) is 0.634. The lowest BCUT2D eigenvalue weighted by atomic mass is 10.0. The number of nitrogens with zero attached hydrogens (tertiary/aromatic N) is 3. The van der Waals surface area contributed by atoms with Gasteiger partial charge in [0.2, 0.25) is 0 Å². The van der Waals surface area contributed by atoms with Crippen LogP contribution in [0.25, 0.3) is 10.4 Å². The van der Waals surface area contributed by atoms with E-state index < -0.39 is 35.4 Å². The van der Waals surface area contributed by atoms with Crippen molar-refractivity contribution in [3.63, 3.8) is 0 Å². The monoisotopic (exact) mass is 523 g/mol. The minimum atomic E-state index is -2.84. The van der Waals surface area contributed by atoms with E-state index in [1.807, 2.05) is 27.7 Å². The van der Waals surface area contributed by atoms with Gasteiger partial charge < -0.3 is 20.6 Å². The second-order valence-electron chi connectivity index (χ2n) is 10.9. The largest absolute Gasteiger partial charge is 0.388 e. The molecule has 0 aromatic carbocycles. The third-order valence-corrected chi connectivity index (χ3v) is 7.25. The van der Waals surface area contributed by atoms with Crippen LogP contribution in [0.15, 0.2) is 12.3 Å². The molecule has 0 spiro atoms. The number of aliphatic hydroxyl groups is 1. The Morgan fingerprint density at radius 3 is 2.44 bits per heavy atom. The Labute approximate surface area is 214 Å². The van der Waals surface area contributed by atoms with Gasteiger partial charge in [-0.1, -0.05) is 0 Å². The molecule has 1 aliphatic rings. The van der Waals surface area contributed by atoms with Gasteiger partial charge >= 0.3 is 0 Å². The van der Waals surface area contributed by atoms with Crippen LogP contribution in [-0.4, -0.2) is 61.6 Å². The number of aromatic nitrogens is 2. The molecule has 3 heterocycles. The molecule has 3 N–H and O–H groups in total. The van der Waals surface area contributed by atoms with Crippen molar-refractivity contribution in [3.8, 4) is 10.4 Å². The van der Waals surface area contributed by atoms with Crippen molar-refractivity contribution >= 4 is 29.0 Å². The minimum Gasteiger partial charge on any atom is -0.388 e. The maximum absolute atomic E-state index is 14.2. The molecule has 8 nitrogen and oxygen atoms in total. The van der Waals surface area contributed by atoms with Gasteiger partial charge in [-0.05, 0) is 67.4 Å².